The minimum atomic E-state index is -0.861. The van der Waals surface area contributed by atoms with Crippen LogP contribution in [0.2, 0.25) is 0 Å². The van der Waals surface area contributed by atoms with Crippen LogP contribution in [-0.4, -0.2) is 29.1 Å². The number of hydrogen-bond donors (Lipinski definition) is 1. The smallest absolute Gasteiger partial charge is 0.335 e. The van der Waals surface area contributed by atoms with Crippen LogP contribution in [0.15, 0.2) is 36.9 Å². The van der Waals surface area contributed by atoms with E-state index in [4.69, 9.17) is 5.11 Å². The summed E-state index contributed by atoms with van der Waals surface area (Å²) in [5.41, 5.74) is 1.47. The van der Waals surface area contributed by atoms with Crippen molar-refractivity contribution >= 4 is 5.97 Å². The van der Waals surface area contributed by atoms with E-state index < -0.39 is 5.97 Å². The molecule has 90 valence electrons. The maximum Gasteiger partial charge on any atom is 0.335 e. The molecule has 1 fully saturated rings. The Kier molecular flexibility index (Phi) is 3.59. The van der Waals surface area contributed by atoms with Gasteiger partial charge in [-0.1, -0.05) is 18.2 Å². The van der Waals surface area contributed by atoms with Gasteiger partial charge in [0.15, 0.2) is 0 Å². The molecule has 1 aliphatic heterocycles. The highest BCUT2D eigenvalue weighted by Gasteiger charge is 2.25. The molecule has 0 saturated carbocycles. The van der Waals surface area contributed by atoms with E-state index in [1.807, 2.05) is 18.2 Å². The Labute approximate surface area is 101 Å². The number of carboxylic acids is 1. The molecule has 0 aromatic heterocycles. The molecule has 1 unspecified atom stereocenters. The van der Waals surface area contributed by atoms with Crippen molar-refractivity contribution in [2.24, 2.45) is 0 Å². The van der Waals surface area contributed by atoms with Gasteiger partial charge in [0.1, 0.15) is 0 Å². The summed E-state index contributed by atoms with van der Waals surface area (Å²) in [6.07, 6.45) is 4.16. The van der Waals surface area contributed by atoms with Crippen LogP contribution < -0.4 is 0 Å². The van der Waals surface area contributed by atoms with Gasteiger partial charge in [-0.2, -0.15) is 0 Å². The average molecular weight is 231 g/mol. The molecule has 0 amide bonds. The van der Waals surface area contributed by atoms with Crippen molar-refractivity contribution in [1.82, 2.24) is 4.90 Å². The van der Waals surface area contributed by atoms with Crippen LogP contribution >= 0.6 is 0 Å². The number of rotatable bonds is 4. The van der Waals surface area contributed by atoms with Gasteiger partial charge in [-0.25, -0.2) is 4.79 Å². The van der Waals surface area contributed by atoms with Crippen LogP contribution in [0, 0.1) is 0 Å². The van der Waals surface area contributed by atoms with Crippen molar-refractivity contribution in [3.63, 3.8) is 0 Å². The quantitative estimate of drug-likeness (QED) is 0.810. The Morgan fingerprint density at radius 2 is 2.41 bits per heavy atom. The zero-order valence-electron chi connectivity index (χ0n) is 9.80. The lowest BCUT2D eigenvalue weighted by Crippen LogP contribution is -2.23. The molecule has 1 heterocycles. The second kappa shape index (κ2) is 5.15. The van der Waals surface area contributed by atoms with Gasteiger partial charge in [0.2, 0.25) is 0 Å². The molecular formula is C14H17NO2. The number of nitrogens with zero attached hydrogens (tertiary/aromatic N) is 1. The molecule has 1 aromatic rings. The second-order valence-electron chi connectivity index (χ2n) is 4.37. The van der Waals surface area contributed by atoms with Crippen molar-refractivity contribution in [3.8, 4) is 0 Å². The summed E-state index contributed by atoms with van der Waals surface area (Å²) in [6, 6.07) is 7.60. The van der Waals surface area contributed by atoms with Gasteiger partial charge in [0.25, 0.3) is 0 Å². The molecule has 1 aliphatic rings. The normalized spacial score (nSPS) is 20.4. The van der Waals surface area contributed by atoms with Crippen LogP contribution in [0.4, 0.5) is 0 Å². The zero-order valence-corrected chi connectivity index (χ0v) is 9.80. The standard InChI is InChI=1S/C14H17NO2/c1-2-8-15-9-4-7-13(15)11-5-3-6-12(10-11)14(16)17/h2-3,5-6,10,13H,1,4,7-9H2,(H,16,17). The molecule has 0 radical (unpaired) electrons. The van der Waals surface area contributed by atoms with Gasteiger partial charge in [-0.15, -0.1) is 6.58 Å². The van der Waals surface area contributed by atoms with Crippen molar-refractivity contribution in [3.05, 3.63) is 48.0 Å². The molecule has 1 atom stereocenters. The Morgan fingerprint density at radius 3 is 3.12 bits per heavy atom. The Balaban J connectivity index is 2.23. The average Bonchev–Trinajstić information content (AvgIpc) is 2.78. The van der Waals surface area contributed by atoms with E-state index in [1.165, 1.54) is 0 Å². The van der Waals surface area contributed by atoms with Crippen LogP contribution in [-0.2, 0) is 0 Å². The molecule has 1 N–H and O–H groups in total. The molecule has 0 aliphatic carbocycles. The van der Waals surface area contributed by atoms with Crippen LogP contribution in [0.3, 0.4) is 0 Å². The third-order valence-corrected chi connectivity index (χ3v) is 3.25. The van der Waals surface area contributed by atoms with Crippen LogP contribution in [0.5, 0.6) is 0 Å². The maximum atomic E-state index is 10.9. The van der Waals surface area contributed by atoms with Gasteiger partial charge in [0.05, 0.1) is 5.56 Å². The number of aromatic carboxylic acids is 1. The minimum absolute atomic E-state index is 0.340. The molecule has 1 aromatic carbocycles. The van der Waals surface area contributed by atoms with Gasteiger partial charge in [-0.05, 0) is 37.1 Å². The lowest BCUT2D eigenvalue weighted by molar-refractivity contribution is 0.0696. The molecule has 0 spiro atoms. The fraction of sp³-hybridized carbons (Fsp3) is 0.357. The summed E-state index contributed by atoms with van der Waals surface area (Å²) in [6.45, 7) is 5.69. The number of benzene rings is 1. The predicted octanol–water partition coefficient (Wildman–Crippen LogP) is 2.71. The lowest BCUT2D eigenvalue weighted by Gasteiger charge is -2.23. The number of likely N-dealkylation sites (tertiary alicyclic amines) is 1. The minimum Gasteiger partial charge on any atom is -0.478 e. The Bertz CT molecular complexity index is 428. The van der Waals surface area contributed by atoms with E-state index in [2.05, 4.69) is 11.5 Å². The SMILES string of the molecule is C=CCN1CCCC1c1cccc(C(=O)O)c1. The Morgan fingerprint density at radius 1 is 1.59 bits per heavy atom. The van der Waals surface area contributed by atoms with Crippen molar-refractivity contribution in [2.75, 3.05) is 13.1 Å². The molecule has 2 rings (SSSR count). The van der Waals surface area contributed by atoms with E-state index >= 15 is 0 Å². The van der Waals surface area contributed by atoms with E-state index in [0.29, 0.717) is 11.6 Å². The summed E-state index contributed by atoms with van der Waals surface area (Å²) in [4.78, 5) is 13.3. The maximum absolute atomic E-state index is 10.9. The molecule has 17 heavy (non-hydrogen) atoms. The first-order chi connectivity index (χ1) is 8.22. The summed E-state index contributed by atoms with van der Waals surface area (Å²) in [5.74, 6) is -0.861. The van der Waals surface area contributed by atoms with Gasteiger partial charge in [0, 0.05) is 12.6 Å². The highest BCUT2D eigenvalue weighted by molar-refractivity contribution is 5.87. The molecule has 1 saturated heterocycles. The van der Waals surface area contributed by atoms with E-state index in [1.54, 1.807) is 12.1 Å². The van der Waals surface area contributed by atoms with E-state index in [0.717, 1.165) is 31.5 Å². The van der Waals surface area contributed by atoms with Crippen molar-refractivity contribution < 1.29 is 9.90 Å². The highest BCUT2D eigenvalue weighted by Crippen LogP contribution is 2.31. The van der Waals surface area contributed by atoms with Gasteiger partial charge >= 0.3 is 5.97 Å². The van der Waals surface area contributed by atoms with Gasteiger partial charge < -0.3 is 5.11 Å². The Hall–Kier alpha value is -1.61. The molecule has 0 bridgehead atoms. The first-order valence-electron chi connectivity index (χ1n) is 5.90. The summed E-state index contributed by atoms with van der Waals surface area (Å²) in [7, 11) is 0. The highest BCUT2D eigenvalue weighted by atomic mass is 16.4. The fourth-order valence-corrected chi connectivity index (χ4v) is 2.47. The molecular weight excluding hydrogens is 214 g/mol. The fourth-order valence-electron chi connectivity index (χ4n) is 2.47. The first kappa shape index (κ1) is 11.9. The zero-order chi connectivity index (χ0) is 12.3. The summed E-state index contributed by atoms with van der Waals surface area (Å²) in [5, 5.41) is 8.99. The lowest BCUT2D eigenvalue weighted by atomic mass is 10.0. The largest absolute Gasteiger partial charge is 0.478 e. The summed E-state index contributed by atoms with van der Waals surface area (Å²) < 4.78 is 0. The second-order valence-corrected chi connectivity index (χ2v) is 4.37. The van der Waals surface area contributed by atoms with Crippen LogP contribution in [0.1, 0.15) is 34.8 Å². The predicted molar refractivity (Wildman–Crippen MR) is 67.1 cm³/mol. The number of carbonyl (C=O) groups is 1. The third kappa shape index (κ3) is 2.56. The molecule has 3 nitrogen and oxygen atoms in total. The third-order valence-electron chi connectivity index (χ3n) is 3.25. The number of carboxylic acid groups (broad SMARTS) is 1. The topological polar surface area (TPSA) is 40.5 Å². The van der Waals surface area contributed by atoms with E-state index in [-0.39, 0.29) is 0 Å². The van der Waals surface area contributed by atoms with Crippen molar-refractivity contribution in [1.29, 1.82) is 0 Å². The van der Waals surface area contributed by atoms with Crippen LogP contribution in [0.25, 0.3) is 0 Å². The summed E-state index contributed by atoms with van der Waals surface area (Å²) >= 11 is 0. The van der Waals surface area contributed by atoms with Gasteiger partial charge in [-0.3, -0.25) is 4.90 Å². The monoisotopic (exact) mass is 231 g/mol. The number of hydrogen-bond acceptors (Lipinski definition) is 2. The van der Waals surface area contributed by atoms with E-state index in [9.17, 15) is 4.79 Å². The molecule has 3 heteroatoms. The van der Waals surface area contributed by atoms with Crippen molar-refractivity contribution in [2.45, 2.75) is 18.9 Å². The first-order valence-corrected chi connectivity index (χ1v) is 5.90.